The lowest BCUT2D eigenvalue weighted by Crippen LogP contribution is -2.23. The van der Waals surface area contributed by atoms with Gasteiger partial charge in [-0.2, -0.15) is 13.2 Å². The number of amides is 2. The van der Waals surface area contributed by atoms with Crippen LogP contribution < -0.4 is 10.6 Å². The third-order valence-corrected chi connectivity index (χ3v) is 6.15. The maximum Gasteiger partial charge on any atom is 0.422 e. The molecule has 39 heavy (non-hydrogen) atoms. The molecule has 0 aliphatic heterocycles. The van der Waals surface area contributed by atoms with Gasteiger partial charge >= 0.3 is 12.1 Å². The Morgan fingerprint density at radius 2 is 1.36 bits per heavy atom. The van der Waals surface area contributed by atoms with Gasteiger partial charge in [-0.05, 0) is 29.8 Å². The van der Waals surface area contributed by atoms with E-state index in [2.05, 4.69) is 5.32 Å². The van der Waals surface area contributed by atoms with Crippen molar-refractivity contribution in [3.8, 4) is 0 Å². The molecule has 1 atom stereocenters. The number of carbonyl (C=O) groups excluding carboxylic acids is 2. The number of alkyl halides is 3. The van der Waals surface area contributed by atoms with Crippen molar-refractivity contribution in [1.82, 2.24) is 0 Å². The van der Waals surface area contributed by atoms with E-state index in [0.717, 1.165) is 17.8 Å². The van der Waals surface area contributed by atoms with E-state index in [9.17, 15) is 45.1 Å². The number of halogens is 7. The van der Waals surface area contributed by atoms with Gasteiger partial charge in [0.2, 0.25) is 11.8 Å². The van der Waals surface area contributed by atoms with Gasteiger partial charge in [0.1, 0.15) is 16.5 Å². The van der Waals surface area contributed by atoms with Crippen LogP contribution in [-0.4, -0.2) is 22.9 Å². The molecule has 0 radical (unpaired) electrons. The molecule has 3 aromatic rings. The molecule has 0 aliphatic carbocycles. The summed E-state index contributed by atoms with van der Waals surface area (Å²) < 4.78 is 95.4. The largest absolute Gasteiger partial charge is 0.478 e. The summed E-state index contributed by atoms with van der Waals surface area (Å²) in [5, 5.41) is 11.3. The van der Waals surface area contributed by atoms with Crippen molar-refractivity contribution < 1.29 is 50.2 Å². The Morgan fingerprint density at radius 3 is 1.87 bits per heavy atom. The highest BCUT2D eigenvalue weighted by Crippen LogP contribution is 2.40. The monoisotopic (exact) mass is 572 g/mol. The standard InChI is InChI=1S/C25H15F7N2O4S/c26-18-17(25(30,31)32)19(27)21(29)22(20(18)28)34-24(38)23(12-4-2-1-3-5-12)39-14-8-6-13(7-9-14)33-15(35)10-11-16(36)37/h1-11,23H,(H,33,35)(H,34,38)(H,36,37)/b11-10+. The van der Waals surface area contributed by atoms with E-state index in [-0.39, 0.29) is 11.3 Å². The molecule has 6 nitrogen and oxygen atoms in total. The molecular formula is C25H15F7N2O4S. The minimum Gasteiger partial charge on any atom is -0.478 e. The second kappa shape index (κ2) is 12.0. The number of hydrogen-bond donors (Lipinski definition) is 3. The van der Waals surface area contributed by atoms with Crippen LogP contribution in [0.5, 0.6) is 0 Å². The molecule has 0 saturated heterocycles. The first-order valence-electron chi connectivity index (χ1n) is 10.6. The molecule has 0 saturated carbocycles. The number of thioether (sulfide) groups is 1. The molecule has 0 heterocycles. The van der Waals surface area contributed by atoms with Gasteiger partial charge in [-0.3, -0.25) is 9.59 Å². The van der Waals surface area contributed by atoms with Crippen molar-refractivity contribution in [3.05, 3.63) is 101 Å². The Hall–Kier alpha value is -4.33. The molecule has 14 heteroatoms. The Labute approximate surface area is 219 Å². The summed E-state index contributed by atoms with van der Waals surface area (Å²) in [6.07, 6.45) is -4.33. The number of hydrogen-bond acceptors (Lipinski definition) is 4. The van der Waals surface area contributed by atoms with Crippen LogP contribution in [0, 0.1) is 23.3 Å². The number of anilines is 2. The van der Waals surface area contributed by atoms with Gasteiger partial charge in [-0.1, -0.05) is 30.3 Å². The predicted octanol–water partition coefficient (Wildman–Crippen LogP) is 6.31. The number of carbonyl (C=O) groups is 3. The number of carboxylic acid groups (broad SMARTS) is 1. The molecule has 0 fully saturated rings. The van der Waals surface area contributed by atoms with Crippen LogP contribution in [0.2, 0.25) is 0 Å². The predicted molar refractivity (Wildman–Crippen MR) is 127 cm³/mol. The summed E-state index contributed by atoms with van der Waals surface area (Å²) in [4.78, 5) is 35.6. The van der Waals surface area contributed by atoms with Crippen LogP contribution >= 0.6 is 11.8 Å². The third-order valence-electron chi connectivity index (χ3n) is 4.89. The zero-order chi connectivity index (χ0) is 28.9. The van der Waals surface area contributed by atoms with Crippen molar-refractivity contribution in [2.75, 3.05) is 10.6 Å². The average Bonchev–Trinajstić information content (AvgIpc) is 2.88. The van der Waals surface area contributed by atoms with Gasteiger partial charge in [0, 0.05) is 22.7 Å². The number of benzene rings is 3. The summed E-state index contributed by atoms with van der Waals surface area (Å²) in [6, 6.07) is 13.2. The number of rotatable bonds is 8. The first-order chi connectivity index (χ1) is 18.3. The lowest BCUT2D eigenvalue weighted by atomic mass is 10.1. The second-order valence-corrected chi connectivity index (χ2v) is 8.77. The van der Waals surface area contributed by atoms with Crippen molar-refractivity contribution in [2.45, 2.75) is 16.3 Å². The smallest absolute Gasteiger partial charge is 0.422 e. The zero-order valence-corrected chi connectivity index (χ0v) is 20.0. The second-order valence-electron chi connectivity index (χ2n) is 7.59. The van der Waals surface area contributed by atoms with Crippen LogP contribution in [0.1, 0.15) is 16.4 Å². The van der Waals surface area contributed by atoms with Gasteiger partial charge < -0.3 is 15.7 Å². The molecule has 3 rings (SSSR count). The molecule has 3 N–H and O–H groups in total. The van der Waals surface area contributed by atoms with Crippen molar-refractivity contribution in [3.63, 3.8) is 0 Å². The summed E-state index contributed by atoms with van der Waals surface area (Å²) in [7, 11) is 0. The van der Waals surface area contributed by atoms with Crippen molar-refractivity contribution >= 4 is 40.9 Å². The molecule has 0 bridgehead atoms. The molecule has 2 amide bonds. The summed E-state index contributed by atoms with van der Waals surface area (Å²) >= 11 is 0.810. The topological polar surface area (TPSA) is 95.5 Å². The maximum absolute atomic E-state index is 14.4. The Balaban J connectivity index is 1.89. The van der Waals surface area contributed by atoms with Crippen LogP contribution in [0.4, 0.5) is 42.1 Å². The Kier molecular flexibility index (Phi) is 9.01. The molecule has 1 unspecified atom stereocenters. The zero-order valence-electron chi connectivity index (χ0n) is 19.2. The fourth-order valence-corrected chi connectivity index (χ4v) is 4.19. The van der Waals surface area contributed by atoms with E-state index in [1.807, 2.05) is 0 Å². The lowest BCUT2D eigenvalue weighted by molar-refractivity contribution is -0.143. The van der Waals surface area contributed by atoms with Crippen LogP contribution in [0.3, 0.4) is 0 Å². The normalized spacial score (nSPS) is 12.3. The molecule has 0 aromatic heterocycles. The van der Waals surface area contributed by atoms with E-state index in [1.165, 1.54) is 48.5 Å². The van der Waals surface area contributed by atoms with Gasteiger partial charge in [-0.15, -0.1) is 11.8 Å². The van der Waals surface area contributed by atoms with Gasteiger partial charge in [0.05, 0.1) is 0 Å². The third kappa shape index (κ3) is 7.16. The lowest BCUT2D eigenvalue weighted by Gasteiger charge is -2.19. The first kappa shape index (κ1) is 29.2. The van der Waals surface area contributed by atoms with Gasteiger partial charge in [0.15, 0.2) is 23.3 Å². The first-order valence-corrected chi connectivity index (χ1v) is 11.4. The van der Waals surface area contributed by atoms with E-state index in [1.54, 1.807) is 11.4 Å². The van der Waals surface area contributed by atoms with Crippen molar-refractivity contribution in [1.29, 1.82) is 0 Å². The van der Waals surface area contributed by atoms with Crippen LogP contribution in [0.25, 0.3) is 0 Å². The quantitative estimate of drug-likeness (QED) is 0.127. The van der Waals surface area contributed by atoms with E-state index < -0.39 is 63.7 Å². The SMILES string of the molecule is O=C(O)/C=C/C(=O)Nc1ccc(SC(C(=O)Nc2c(F)c(F)c(C(F)(F)F)c(F)c2F)c2ccccc2)cc1. The minimum atomic E-state index is -5.74. The minimum absolute atomic E-state index is 0.250. The van der Waals surface area contributed by atoms with Crippen LogP contribution in [-0.2, 0) is 20.6 Å². The Bertz CT molecular complexity index is 1400. The highest BCUT2D eigenvalue weighted by Gasteiger charge is 2.42. The molecule has 0 aliphatic rings. The highest BCUT2D eigenvalue weighted by molar-refractivity contribution is 8.00. The Morgan fingerprint density at radius 1 is 0.795 bits per heavy atom. The van der Waals surface area contributed by atoms with E-state index in [4.69, 9.17) is 5.11 Å². The van der Waals surface area contributed by atoms with Crippen molar-refractivity contribution in [2.24, 2.45) is 0 Å². The number of nitrogens with one attached hydrogen (secondary N) is 2. The summed E-state index contributed by atoms with van der Waals surface area (Å²) in [5.74, 6) is -13.6. The van der Waals surface area contributed by atoms with Gasteiger partial charge in [0.25, 0.3) is 0 Å². The van der Waals surface area contributed by atoms with E-state index >= 15 is 0 Å². The number of carboxylic acids is 1. The fourth-order valence-electron chi connectivity index (χ4n) is 3.16. The van der Waals surface area contributed by atoms with E-state index in [0.29, 0.717) is 11.0 Å². The number of aliphatic carboxylic acids is 1. The summed E-state index contributed by atoms with van der Waals surface area (Å²) in [5.41, 5.74) is -3.98. The van der Waals surface area contributed by atoms with Gasteiger partial charge in [-0.25, -0.2) is 22.4 Å². The fraction of sp³-hybridized carbons (Fsp3) is 0.0800. The molecule has 3 aromatic carbocycles. The molecule has 0 spiro atoms. The molecule has 204 valence electrons. The highest BCUT2D eigenvalue weighted by atomic mass is 32.2. The maximum atomic E-state index is 14.4. The summed E-state index contributed by atoms with van der Waals surface area (Å²) in [6.45, 7) is 0. The van der Waals surface area contributed by atoms with Crippen LogP contribution in [0.15, 0.2) is 71.6 Å². The average molecular weight is 572 g/mol. The molecular weight excluding hydrogens is 557 g/mol.